The number of nitrogens with one attached hydrogen (secondary N) is 1. The van der Waals surface area contributed by atoms with Crippen molar-refractivity contribution in [2.45, 2.75) is 6.18 Å². The van der Waals surface area contributed by atoms with Crippen LogP contribution in [0.2, 0.25) is 0 Å². The summed E-state index contributed by atoms with van der Waals surface area (Å²) < 4.78 is 37.1. The molecule has 0 saturated heterocycles. The Bertz CT molecular complexity index is 550. The lowest BCUT2D eigenvalue weighted by molar-refractivity contribution is -0.137. The first-order valence-corrected chi connectivity index (χ1v) is 3.79. The molecule has 0 spiro atoms. The van der Waals surface area contributed by atoms with Gasteiger partial charge in [0.25, 0.3) is 0 Å². The highest BCUT2D eigenvalue weighted by atomic mass is 19.4. The fourth-order valence-electron chi connectivity index (χ4n) is 1.17. The van der Waals surface area contributed by atoms with Crippen molar-refractivity contribution in [3.63, 3.8) is 0 Å². The number of H-pyrrole nitrogens is 1. The lowest BCUT2D eigenvalue weighted by Crippen LogP contribution is -2.04. The van der Waals surface area contributed by atoms with Crippen LogP contribution in [0.1, 0.15) is 5.56 Å². The molecule has 1 aromatic carbocycles. The molecule has 0 aliphatic rings. The van der Waals surface area contributed by atoms with E-state index >= 15 is 0 Å². The highest BCUT2D eigenvalue weighted by Gasteiger charge is 2.34. The number of hydrogen-bond donors (Lipinski definition) is 1. The number of diazo groups is 1. The molecule has 0 saturated carbocycles. The van der Waals surface area contributed by atoms with Crippen LogP contribution in [0.15, 0.2) is 12.1 Å². The predicted molar refractivity (Wildman–Crippen MR) is 43.6 cm³/mol. The molecule has 0 radical (unpaired) electrons. The van der Waals surface area contributed by atoms with Crippen LogP contribution in [0.25, 0.3) is 16.0 Å². The Kier molecular flexibility index (Phi) is 1.82. The Labute approximate surface area is 80.5 Å². The summed E-state index contributed by atoms with van der Waals surface area (Å²) in [6.07, 6.45) is -4.51. The molecule has 5 nitrogen and oxygen atoms in total. The number of halogens is 3. The number of alkyl halides is 3. The summed E-state index contributed by atoms with van der Waals surface area (Å²) in [6, 6.07) is 1.53. The second-order valence-electron chi connectivity index (χ2n) is 2.78. The second-order valence-corrected chi connectivity index (χ2v) is 2.78. The van der Waals surface area contributed by atoms with Gasteiger partial charge in [-0.15, -0.1) is 5.10 Å². The van der Waals surface area contributed by atoms with E-state index in [0.29, 0.717) is 6.07 Å². The molecule has 2 aromatic rings. The summed E-state index contributed by atoms with van der Waals surface area (Å²) in [5, 5.41) is 17.7. The Morgan fingerprint density at radius 2 is 2.00 bits per heavy atom. The smallest absolute Gasteiger partial charge is 0.196 e. The van der Waals surface area contributed by atoms with E-state index in [0.717, 1.165) is 6.07 Å². The predicted octanol–water partition coefficient (Wildman–Crippen LogP) is 2.46. The molecular formula is C7H3F3N5+. The number of aromatic nitrogens is 3. The number of fused-ring (bicyclic) bond motifs is 1. The van der Waals surface area contributed by atoms with Gasteiger partial charge in [-0.2, -0.15) is 23.5 Å². The van der Waals surface area contributed by atoms with Gasteiger partial charge >= 0.3 is 11.9 Å². The minimum absolute atomic E-state index is 0.00220. The standard InChI is InChI=1S/C7H3F3N5/c8-7(9,10)3-1-4(12-11)6-5(2-3)13-15-14-6/h1-2H,(H,13,14,15)/q+1/i11+1. The molecular weight excluding hydrogens is 212 g/mol. The zero-order chi connectivity index (χ0) is 11.1. The van der Waals surface area contributed by atoms with Gasteiger partial charge in [0.2, 0.25) is 10.9 Å². The van der Waals surface area contributed by atoms with Crippen molar-refractivity contribution in [3.8, 4) is 0 Å². The number of nitrogens with zero attached hydrogens (tertiary/aromatic N) is 4. The van der Waals surface area contributed by atoms with Crippen molar-refractivity contribution >= 4 is 16.7 Å². The van der Waals surface area contributed by atoms with E-state index in [9.17, 15) is 13.2 Å². The van der Waals surface area contributed by atoms with Gasteiger partial charge in [0.05, 0.1) is 5.56 Å². The average molecular weight is 215 g/mol. The summed E-state index contributed by atoms with van der Waals surface area (Å²) in [7, 11) is 0. The van der Waals surface area contributed by atoms with Gasteiger partial charge in [0, 0.05) is 6.07 Å². The first-order chi connectivity index (χ1) is 7.02. The number of aromatic amines is 1. The van der Waals surface area contributed by atoms with Crippen molar-refractivity contribution in [1.29, 1.82) is 5.39 Å². The summed E-state index contributed by atoms with van der Waals surface area (Å²) in [5.74, 6) is 0. The zero-order valence-corrected chi connectivity index (χ0v) is 7.08. The molecule has 0 amide bonds. The maximum absolute atomic E-state index is 12.4. The highest BCUT2D eigenvalue weighted by Crippen LogP contribution is 2.34. The third-order valence-electron chi connectivity index (χ3n) is 1.84. The SMILES string of the molecule is [15N]#[N+]c1cc(C(F)(F)F)cc2n[nH]nc12. The Balaban J connectivity index is 2.76. The van der Waals surface area contributed by atoms with Crippen molar-refractivity contribution in [1.82, 2.24) is 15.4 Å². The summed E-state index contributed by atoms with van der Waals surface area (Å²) in [6.45, 7) is 0. The topological polar surface area (TPSA) is 69.7 Å². The van der Waals surface area contributed by atoms with Crippen LogP contribution < -0.4 is 0 Å². The summed E-state index contributed by atoms with van der Waals surface area (Å²) >= 11 is 0. The van der Waals surface area contributed by atoms with E-state index in [1.54, 1.807) is 0 Å². The number of benzene rings is 1. The maximum atomic E-state index is 12.4. The summed E-state index contributed by atoms with van der Waals surface area (Å²) in [4.78, 5) is 2.72. The molecule has 1 heterocycles. The van der Waals surface area contributed by atoms with E-state index in [1.165, 1.54) is 0 Å². The first kappa shape index (κ1) is 9.39. The van der Waals surface area contributed by atoms with Gasteiger partial charge in [-0.05, 0) is 6.07 Å². The first-order valence-electron chi connectivity index (χ1n) is 3.79. The molecule has 0 bridgehead atoms. The van der Waals surface area contributed by atoms with Crippen molar-refractivity contribution < 1.29 is 13.2 Å². The largest absolute Gasteiger partial charge is 0.416 e. The lowest BCUT2D eigenvalue weighted by Gasteiger charge is -2.03. The Morgan fingerprint density at radius 3 is 2.60 bits per heavy atom. The van der Waals surface area contributed by atoms with Crippen LogP contribution in [0.5, 0.6) is 0 Å². The molecule has 76 valence electrons. The Morgan fingerprint density at radius 1 is 1.27 bits per heavy atom. The van der Waals surface area contributed by atoms with Gasteiger partial charge < -0.3 is 0 Å². The minimum atomic E-state index is -4.51. The number of rotatable bonds is 0. The van der Waals surface area contributed by atoms with Gasteiger partial charge in [-0.25, -0.2) is 0 Å². The zero-order valence-electron chi connectivity index (χ0n) is 7.08. The molecule has 8 heteroatoms. The van der Waals surface area contributed by atoms with Gasteiger partial charge in [-0.3, -0.25) is 0 Å². The normalized spacial score (nSPS) is 11.6. The van der Waals surface area contributed by atoms with Crippen molar-refractivity contribution in [2.24, 2.45) is 0 Å². The highest BCUT2D eigenvalue weighted by molar-refractivity contribution is 5.88. The molecule has 15 heavy (non-hydrogen) atoms. The second kappa shape index (κ2) is 2.91. The van der Waals surface area contributed by atoms with Crippen LogP contribution in [-0.4, -0.2) is 15.4 Å². The number of hydrogen-bond acceptors (Lipinski definition) is 3. The van der Waals surface area contributed by atoms with Gasteiger partial charge in [0.15, 0.2) is 4.98 Å². The van der Waals surface area contributed by atoms with E-state index in [4.69, 9.17) is 5.39 Å². The molecule has 2 rings (SSSR count). The van der Waals surface area contributed by atoms with E-state index in [2.05, 4.69) is 20.4 Å². The van der Waals surface area contributed by atoms with Crippen LogP contribution in [0, 0.1) is 5.39 Å². The fraction of sp³-hybridized carbons (Fsp3) is 0.143. The molecule has 1 aromatic heterocycles. The van der Waals surface area contributed by atoms with Crippen LogP contribution in [0.4, 0.5) is 18.9 Å². The lowest BCUT2D eigenvalue weighted by atomic mass is 10.1. The van der Waals surface area contributed by atoms with E-state index in [-0.39, 0.29) is 16.7 Å². The van der Waals surface area contributed by atoms with E-state index in [1.807, 2.05) is 0 Å². The fourth-order valence-corrected chi connectivity index (χ4v) is 1.17. The van der Waals surface area contributed by atoms with Crippen LogP contribution >= 0.6 is 0 Å². The van der Waals surface area contributed by atoms with Gasteiger partial charge in [0.1, 0.15) is 5.52 Å². The molecule has 0 unspecified atom stereocenters. The Hall–Kier alpha value is -2.17. The molecule has 0 fully saturated rings. The minimum Gasteiger partial charge on any atom is -0.196 e. The van der Waals surface area contributed by atoms with Crippen LogP contribution in [0.3, 0.4) is 0 Å². The van der Waals surface area contributed by atoms with Crippen molar-refractivity contribution in [3.05, 3.63) is 22.7 Å². The third kappa shape index (κ3) is 1.48. The quantitative estimate of drug-likeness (QED) is 0.542. The molecule has 0 aliphatic carbocycles. The van der Waals surface area contributed by atoms with Gasteiger partial charge in [-0.1, -0.05) is 0 Å². The van der Waals surface area contributed by atoms with E-state index < -0.39 is 11.7 Å². The molecule has 1 N–H and O–H groups in total. The third-order valence-corrected chi connectivity index (χ3v) is 1.84. The van der Waals surface area contributed by atoms with Crippen LogP contribution in [-0.2, 0) is 6.18 Å². The maximum Gasteiger partial charge on any atom is 0.416 e. The molecule has 0 atom stereocenters. The summed E-state index contributed by atoms with van der Waals surface area (Å²) in [5.41, 5.74) is -1.12. The monoisotopic (exact) mass is 215 g/mol. The van der Waals surface area contributed by atoms with Crippen molar-refractivity contribution in [2.75, 3.05) is 0 Å². The average Bonchev–Trinajstić information content (AvgIpc) is 2.62. The molecule has 0 aliphatic heterocycles.